The number of aryl methyl sites for hydroxylation is 2. The smallest absolute Gasteiger partial charge is 0.0666 e. The first-order valence-electron chi connectivity index (χ1n) is 6.06. The average molecular weight is 223 g/mol. The average Bonchev–Trinajstić information content (AvgIpc) is 2.58. The third-order valence-corrected chi connectivity index (χ3v) is 3.59. The molecular weight excluding hydrogens is 202 g/mol. The van der Waals surface area contributed by atoms with Crippen molar-refractivity contribution in [2.45, 2.75) is 44.7 Å². The number of aliphatic hydroxyl groups is 1. The standard InChI is InChI=1S/C12H21N3O/c1-3-11-10(8-15(2)14-11)7-13-12(9-16)5-4-6-12/h8,13,16H,3-7,9H2,1-2H3. The van der Waals surface area contributed by atoms with Gasteiger partial charge in [-0.1, -0.05) is 6.92 Å². The van der Waals surface area contributed by atoms with Crippen molar-refractivity contribution < 1.29 is 5.11 Å². The molecule has 4 heteroatoms. The normalized spacial score (nSPS) is 18.4. The van der Waals surface area contributed by atoms with Gasteiger partial charge in [-0.2, -0.15) is 5.10 Å². The molecule has 1 aliphatic rings. The highest BCUT2D eigenvalue weighted by molar-refractivity contribution is 5.17. The van der Waals surface area contributed by atoms with Crippen LogP contribution < -0.4 is 5.32 Å². The zero-order chi connectivity index (χ0) is 11.6. The molecule has 1 aromatic heterocycles. The van der Waals surface area contributed by atoms with E-state index in [-0.39, 0.29) is 12.1 Å². The van der Waals surface area contributed by atoms with E-state index < -0.39 is 0 Å². The zero-order valence-electron chi connectivity index (χ0n) is 10.2. The van der Waals surface area contributed by atoms with Gasteiger partial charge < -0.3 is 10.4 Å². The van der Waals surface area contributed by atoms with Crippen LogP contribution in [-0.4, -0.2) is 27.0 Å². The van der Waals surface area contributed by atoms with E-state index in [0.717, 1.165) is 31.5 Å². The summed E-state index contributed by atoms with van der Waals surface area (Å²) in [6.45, 7) is 3.18. The van der Waals surface area contributed by atoms with Crippen LogP contribution in [0, 0.1) is 0 Å². The lowest BCUT2D eigenvalue weighted by atomic mass is 9.77. The monoisotopic (exact) mass is 223 g/mol. The Hall–Kier alpha value is -0.870. The second-order valence-electron chi connectivity index (χ2n) is 4.77. The topological polar surface area (TPSA) is 50.1 Å². The number of nitrogens with zero attached hydrogens (tertiary/aromatic N) is 2. The van der Waals surface area contributed by atoms with Gasteiger partial charge in [-0.3, -0.25) is 4.68 Å². The number of hydrogen-bond acceptors (Lipinski definition) is 3. The number of hydrogen-bond donors (Lipinski definition) is 2. The van der Waals surface area contributed by atoms with E-state index in [0.29, 0.717) is 0 Å². The third kappa shape index (κ3) is 2.13. The van der Waals surface area contributed by atoms with Gasteiger partial charge in [0.15, 0.2) is 0 Å². The van der Waals surface area contributed by atoms with Crippen molar-refractivity contribution in [2.75, 3.05) is 6.61 Å². The van der Waals surface area contributed by atoms with Crippen LogP contribution in [0.25, 0.3) is 0 Å². The Balaban J connectivity index is 1.98. The molecule has 2 rings (SSSR count). The molecule has 1 aliphatic carbocycles. The van der Waals surface area contributed by atoms with Gasteiger partial charge in [-0.25, -0.2) is 0 Å². The SMILES string of the molecule is CCc1nn(C)cc1CNC1(CO)CCC1. The van der Waals surface area contributed by atoms with E-state index in [2.05, 4.69) is 23.5 Å². The highest BCUT2D eigenvalue weighted by atomic mass is 16.3. The van der Waals surface area contributed by atoms with Gasteiger partial charge in [0.25, 0.3) is 0 Å². The Labute approximate surface area is 96.7 Å². The molecule has 0 aromatic carbocycles. The van der Waals surface area contributed by atoms with E-state index in [1.807, 2.05) is 11.7 Å². The number of nitrogens with one attached hydrogen (secondary N) is 1. The summed E-state index contributed by atoms with van der Waals surface area (Å²) in [7, 11) is 1.95. The molecule has 1 aromatic rings. The van der Waals surface area contributed by atoms with Crippen LogP contribution in [0.2, 0.25) is 0 Å². The Kier molecular flexibility index (Phi) is 3.30. The van der Waals surface area contributed by atoms with E-state index in [4.69, 9.17) is 0 Å². The number of aromatic nitrogens is 2. The van der Waals surface area contributed by atoms with Crippen LogP contribution in [0.1, 0.15) is 37.4 Å². The molecule has 0 radical (unpaired) electrons. The summed E-state index contributed by atoms with van der Waals surface area (Å²) in [4.78, 5) is 0. The van der Waals surface area contributed by atoms with Crippen LogP contribution >= 0.6 is 0 Å². The van der Waals surface area contributed by atoms with Gasteiger partial charge in [0.2, 0.25) is 0 Å². The molecule has 0 unspecified atom stereocenters. The van der Waals surface area contributed by atoms with Gasteiger partial charge in [0.1, 0.15) is 0 Å². The zero-order valence-corrected chi connectivity index (χ0v) is 10.2. The summed E-state index contributed by atoms with van der Waals surface area (Å²) >= 11 is 0. The lowest BCUT2D eigenvalue weighted by Gasteiger charge is -2.41. The highest BCUT2D eigenvalue weighted by Crippen LogP contribution is 2.31. The quantitative estimate of drug-likeness (QED) is 0.782. The summed E-state index contributed by atoms with van der Waals surface area (Å²) in [6, 6.07) is 0. The molecule has 0 amide bonds. The van der Waals surface area contributed by atoms with Gasteiger partial charge in [-0.15, -0.1) is 0 Å². The lowest BCUT2D eigenvalue weighted by molar-refractivity contribution is 0.0871. The number of aliphatic hydroxyl groups excluding tert-OH is 1. The minimum absolute atomic E-state index is 0.0130. The minimum atomic E-state index is -0.0130. The van der Waals surface area contributed by atoms with Crippen molar-refractivity contribution in [2.24, 2.45) is 7.05 Å². The maximum Gasteiger partial charge on any atom is 0.0666 e. The molecule has 1 fully saturated rings. The molecule has 2 N–H and O–H groups in total. The molecule has 1 heterocycles. The first-order chi connectivity index (χ1) is 7.69. The van der Waals surface area contributed by atoms with Crippen LogP contribution in [0.3, 0.4) is 0 Å². The Bertz CT molecular complexity index is 350. The molecule has 0 atom stereocenters. The summed E-state index contributed by atoms with van der Waals surface area (Å²) in [6.07, 6.45) is 6.43. The summed E-state index contributed by atoms with van der Waals surface area (Å²) < 4.78 is 1.86. The molecule has 90 valence electrons. The molecule has 16 heavy (non-hydrogen) atoms. The van der Waals surface area contributed by atoms with Crippen LogP contribution in [-0.2, 0) is 20.0 Å². The molecule has 0 bridgehead atoms. The van der Waals surface area contributed by atoms with Crippen molar-refractivity contribution >= 4 is 0 Å². The van der Waals surface area contributed by atoms with Gasteiger partial charge in [-0.05, 0) is 25.7 Å². The third-order valence-electron chi connectivity index (χ3n) is 3.59. The summed E-state index contributed by atoms with van der Waals surface area (Å²) in [5.74, 6) is 0. The van der Waals surface area contributed by atoms with E-state index >= 15 is 0 Å². The highest BCUT2D eigenvalue weighted by Gasteiger charge is 2.35. The molecule has 0 aliphatic heterocycles. The molecular formula is C12H21N3O. The van der Waals surface area contributed by atoms with E-state index in [1.54, 1.807) is 0 Å². The first kappa shape index (κ1) is 11.6. The fourth-order valence-corrected chi connectivity index (χ4v) is 2.31. The van der Waals surface area contributed by atoms with Gasteiger partial charge >= 0.3 is 0 Å². The fraction of sp³-hybridized carbons (Fsp3) is 0.750. The van der Waals surface area contributed by atoms with Gasteiger partial charge in [0, 0.05) is 30.9 Å². The van der Waals surface area contributed by atoms with E-state index in [9.17, 15) is 5.11 Å². The predicted octanol–water partition coefficient (Wildman–Crippen LogP) is 0.987. The van der Waals surface area contributed by atoms with Crippen molar-refractivity contribution in [3.8, 4) is 0 Å². The molecule has 0 saturated heterocycles. The Morgan fingerprint density at radius 1 is 1.56 bits per heavy atom. The molecule has 4 nitrogen and oxygen atoms in total. The maximum atomic E-state index is 9.36. The fourth-order valence-electron chi connectivity index (χ4n) is 2.31. The van der Waals surface area contributed by atoms with Gasteiger partial charge in [0.05, 0.1) is 12.3 Å². The van der Waals surface area contributed by atoms with Crippen molar-refractivity contribution in [3.05, 3.63) is 17.5 Å². The van der Waals surface area contributed by atoms with Crippen LogP contribution in [0.15, 0.2) is 6.20 Å². The van der Waals surface area contributed by atoms with Crippen LogP contribution in [0.4, 0.5) is 0 Å². The van der Waals surface area contributed by atoms with Crippen molar-refractivity contribution in [1.82, 2.24) is 15.1 Å². The summed E-state index contributed by atoms with van der Waals surface area (Å²) in [5.41, 5.74) is 2.40. The Morgan fingerprint density at radius 2 is 2.31 bits per heavy atom. The molecule has 0 spiro atoms. The Morgan fingerprint density at radius 3 is 2.81 bits per heavy atom. The lowest BCUT2D eigenvalue weighted by Crippen LogP contribution is -2.53. The van der Waals surface area contributed by atoms with Crippen molar-refractivity contribution in [3.63, 3.8) is 0 Å². The second kappa shape index (κ2) is 4.55. The second-order valence-corrected chi connectivity index (χ2v) is 4.77. The predicted molar refractivity (Wildman–Crippen MR) is 63.1 cm³/mol. The summed E-state index contributed by atoms with van der Waals surface area (Å²) in [5, 5.41) is 17.3. The maximum absolute atomic E-state index is 9.36. The van der Waals surface area contributed by atoms with E-state index in [1.165, 1.54) is 12.0 Å². The first-order valence-corrected chi connectivity index (χ1v) is 6.06. The molecule has 1 saturated carbocycles. The minimum Gasteiger partial charge on any atom is -0.394 e. The van der Waals surface area contributed by atoms with Crippen molar-refractivity contribution in [1.29, 1.82) is 0 Å². The number of rotatable bonds is 5. The largest absolute Gasteiger partial charge is 0.394 e. The van der Waals surface area contributed by atoms with Crippen LogP contribution in [0.5, 0.6) is 0 Å².